The predicted molar refractivity (Wildman–Crippen MR) is 214 cm³/mol. The average Bonchev–Trinajstić information content (AvgIpc) is 3.85. The van der Waals surface area contributed by atoms with Crippen LogP contribution in [0.4, 0.5) is 0 Å². The number of nitrogens with zero attached hydrogens (tertiary/aromatic N) is 4. The number of aromatic nitrogens is 4. The zero-order chi connectivity index (χ0) is 33.5. The van der Waals surface area contributed by atoms with Crippen LogP contribution in [-0.2, 0) is 0 Å². The molecule has 238 valence electrons. The van der Waals surface area contributed by atoms with E-state index in [1.165, 1.54) is 43.6 Å². The first-order chi connectivity index (χ1) is 25.3. The van der Waals surface area contributed by atoms with Crippen molar-refractivity contribution in [2.75, 3.05) is 0 Å². The fourth-order valence-electron chi connectivity index (χ4n) is 7.91. The van der Waals surface area contributed by atoms with Crippen LogP contribution in [0.25, 0.3) is 97.8 Å². The molecule has 0 unspecified atom stereocenters. The van der Waals surface area contributed by atoms with Gasteiger partial charge in [-0.1, -0.05) is 103 Å². The molecule has 0 radical (unpaired) electrons. The number of benzene rings is 6. The van der Waals surface area contributed by atoms with Gasteiger partial charge in [0.05, 0.1) is 37.2 Å². The Kier molecular flexibility index (Phi) is 6.09. The normalized spacial score (nSPS) is 11.9. The molecule has 0 aliphatic carbocycles. The first-order valence-corrected chi connectivity index (χ1v) is 18.0. The van der Waals surface area contributed by atoms with Crippen molar-refractivity contribution in [3.05, 3.63) is 170 Å². The van der Waals surface area contributed by atoms with Crippen LogP contribution >= 0.6 is 11.3 Å². The first kappa shape index (κ1) is 28.3. The highest BCUT2D eigenvalue weighted by Gasteiger charge is 2.19. The average molecular weight is 669 g/mol. The highest BCUT2D eigenvalue weighted by Crippen LogP contribution is 2.41. The lowest BCUT2D eigenvalue weighted by Gasteiger charge is -2.11. The summed E-state index contributed by atoms with van der Waals surface area (Å²) in [6.45, 7) is 0. The molecule has 0 saturated carbocycles. The van der Waals surface area contributed by atoms with Crippen molar-refractivity contribution in [1.29, 1.82) is 0 Å². The Bertz CT molecular complexity index is 3130. The van der Waals surface area contributed by atoms with E-state index < -0.39 is 0 Å². The molecule has 0 aliphatic rings. The standard InChI is InChI=1S/C46H28N4S/c1-3-12-31(13-4-1)49-39-20-9-7-16-34(39)36-23-22-29(26-41(36)49)38-24-25-42-45(48-38)44-43(51-42)27-30(28-47-44)33-18-11-19-37-35-17-8-10-21-40(35)50(46(33)37)32-14-5-2-6-15-32/h1-28H. The van der Waals surface area contributed by atoms with Gasteiger partial charge < -0.3 is 9.13 Å². The second-order valence-electron chi connectivity index (χ2n) is 13.0. The molecule has 5 heterocycles. The summed E-state index contributed by atoms with van der Waals surface area (Å²) in [4.78, 5) is 10.4. The van der Waals surface area contributed by atoms with E-state index in [0.717, 1.165) is 54.2 Å². The summed E-state index contributed by atoms with van der Waals surface area (Å²) >= 11 is 1.75. The lowest BCUT2D eigenvalue weighted by atomic mass is 10.0. The van der Waals surface area contributed by atoms with Gasteiger partial charge in [-0.05, 0) is 60.7 Å². The number of thiophene rings is 1. The first-order valence-electron chi connectivity index (χ1n) is 17.2. The number of rotatable bonds is 4. The third-order valence-electron chi connectivity index (χ3n) is 10.2. The van der Waals surface area contributed by atoms with Crippen LogP contribution in [0.3, 0.4) is 0 Å². The van der Waals surface area contributed by atoms with Gasteiger partial charge in [0, 0.05) is 55.8 Å². The molecule has 0 spiro atoms. The Morgan fingerprint density at radius 2 is 1.08 bits per heavy atom. The van der Waals surface area contributed by atoms with Crippen LogP contribution < -0.4 is 0 Å². The lowest BCUT2D eigenvalue weighted by Crippen LogP contribution is -1.95. The van der Waals surface area contributed by atoms with Gasteiger partial charge in [-0.3, -0.25) is 4.98 Å². The largest absolute Gasteiger partial charge is 0.309 e. The minimum atomic E-state index is 0.941. The number of pyridine rings is 2. The van der Waals surface area contributed by atoms with Gasteiger partial charge in [-0.25, -0.2) is 4.98 Å². The summed E-state index contributed by atoms with van der Waals surface area (Å²) in [7, 11) is 0. The van der Waals surface area contributed by atoms with Crippen molar-refractivity contribution in [2.24, 2.45) is 0 Å². The van der Waals surface area contributed by atoms with Crippen LogP contribution in [0.1, 0.15) is 0 Å². The topological polar surface area (TPSA) is 35.6 Å². The fraction of sp³-hybridized carbons (Fsp3) is 0. The van der Waals surface area contributed by atoms with Crippen molar-refractivity contribution < 1.29 is 0 Å². The molecule has 11 aromatic rings. The summed E-state index contributed by atoms with van der Waals surface area (Å²) in [5, 5.41) is 4.96. The maximum Gasteiger partial charge on any atom is 0.108 e. The third kappa shape index (κ3) is 4.25. The minimum absolute atomic E-state index is 0.941. The Hall–Kier alpha value is -6.56. The van der Waals surface area contributed by atoms with Crippen molar-refractivity contribution in [2.45, 2.75) is 0 Å². The summed E-state index contributed by atoms with van der Waals surface area (Å²) in [6, 6.07) is 58.5. The van der Waals surface area contributed by atoms with E-state index in [9.17, 15) is 0 Å². The lowest BCUT2D eigenvalue weighted by molar-refractivity contribution is 1.18. The van der Waals surface area contributed by atoms with Gasteiger partial charge in [0.1, 0.15) is 11.0 Å². The second kappa shape index (κ2) is 11.0. The van der Waals surface area contributed by atoms with E-state index in [1.54, 1.807) is 11.3 Å². The van der Waals surface area contributed by atoms with Crippen molar-refractivity contribution in [3.8, 4) is 33.8 Å². The monoisotopic (exact) mass is 668 g/mol. The molecule has 0 atom stereocenters. The number of fused-ring (bicyclic) bond motifs is 9. The van der Waals surface area contributed by atoms with E-state index in [0.29, 0.717) is 0 Å². The Morgan fingerprint density at radius 1 is 0.431 bits per heavy atom. The van der Waals surface area contributed by atoms with E-state index in [4.69, 9.17) is 9.97 Å². The molecular weight excluding hydrogens is 641 g/mol. The van der Waals surface area contributed by atoms with E-state index in [2.05, 4.69) is 173 Å². The highest BCUT2D eigenvalue weighted by atomic mass is 32.1. The molecule has 5 aromatic heterocycles. The molecule has 0 fully saturated rings. The molecule has 0 bridgehead atoms. The molecule has 6 aromatic carbocycles. The summed E-state index contributed by atoms with van der Waals surface area (Å²) in [5.74, 6) is 0. The van der Waals surface area contributed by atoms with Crippen LogP contribution in [0.15, 0.2) is 170 Å². The number of para-hydroxylation sites is 5. The van der Waals surface area contributed by atoms with Gasteiger partial charge in [-0.2, -0.15) is 0 Å². The molecule has 0 N–H and O–H groups in total. The molecule has 0 aliphatic heterocycles. The van der Waals surface area contributed by atoms with Crippen molar-refractivity contribution >= 4 is 75.4 Å². The third-order valence-corrected chi connectivity index (χ3v) is 11.2. The van der Waals surface area contributed by atoms with Crippen LogP contribution in [0.5, 0.6) is 0 Å². The Labute approximate surface area is 297 Å². The summed E-state index contributed by atoms with van der Waals surface area (Å²) in [6.07, 6.45) is 2.02. The molecular formula is C46H28N4S. The highest BCUT2D eigenvalue weighted by molar-refractivity contribution is 7.25. The van der Waals surface area contributed by atoms with E-state index in [-0.39, 0.29) is 0 Å². The molecule has 51 heavy (non-hydrogen) atoms. The number of hydrogen-bond acceptors (Lipinski definition) is 3. The molecule has 5 heteroatoms. The van der Waals surface area contributed by atoms with Gasteiger partial charge in [0.25, 0.3) is 0 Å². The SMILES string of the molecule is c1ccc(-n2c3ccccc3c3ccc(-c4ccc5sc6cc(-c7cccc8c9ccccc9n(-c9ccccc9)c78)cnc6c5n4)cc32)cc1. The molecule has 0 saturated heterocycles. The quantitative estimate of drug-likeness (QED) is 0.187. The summed E-state index contributed by atoms with van der Waals surface area (Å²) in [5.41, 5.74) is 13.2. The minimum Gasteiger partial charge on any atom is -0.309 e. The second-order valence-corrected chi connectivity index (χ2v) is 14.1. The Balaban J connectivity index is 1.07. The van der Waals surface area contributed by atoms with Gasteiger partial charge in [-0.15, -0.1) is 11.3 Å². The Morgan fingerprint density at radius 3 is 1.86 bits per heavy atom. The maximum absolute atomic E-state index is 5.27. The summed E-state index contributed by atoms with van der Waals surface area (Å²) < 4.78 is 7.01. The van der Waals surface area contributed by atoms with Gasteiger partial charge in [0.2, 0.25) is 0 Å². The maximum atomic E-state index is 5.27. The fourth-order valence-corrected chi connectivity index (χ4v) is 8.95. The van der Waals surface area contributed by atoms with Crippen molar-refractivity contribution in [1.82, 2.24) is 19.1 Å². The molecule has 0 amide bonds. The molecule has 4 nitrogen and oxygen atoms in total. The molecule has 11 rings (SSSR count). The van der Waals surface area contributed by atoms with Gasteiger partial charge in [0.15, 0.2) is 0 Å². The van der Waals surface area contributed by atoms with Crippen molar-refractivity contribution in [3.63, 3.8) is 0 Å². The smallest absolute Gasteiger partial charge is 0.108 e. The van der Waals surface area contributed by atoms with E-state index in [1.807, 2.05) is 6.20 Å². The number of hydrogen-bond donors (Lipinski definition) is 0. The predicted octanol–water partition coefficient (Wildman–Crippen LogP) is 12.4. The van der Waals surface area contributed by atoms with Crippen LogP contribution in [0.2, 0.25) is 0 Å². The zero-order valence-corrected chi connectivity index (χ0v) is 28.2. The van der Waals surface area contributed by atoms with Crippen LogP contribution in [-0.4, -0.2) is 19.1 Å². The zero-order valence-electron chi connectivity index (χ0n) is 27.4. The van der Waals surface area contributed by atoms with E-state index >= 15 is 0 Å². The van der Waals surface area contributed by atoms with Gasteiger partial charge >= 0.3 is 0 Å². The van der Waals surface area contributed by atoms with Crippen LogP contribution in [0, 0.1) is 0 Å².